The Morgan fingerprint density at radius 2 is 1.90 bits per heavy atom. The molecule has 0 saturated heterocycles. The Hall–Kier alpha value is -3.62. The lowest BCUT2D eigenvalue weighted by Gasteiger charge is -2.11. The third kappa shape index (κ3) is 4.81. The number of fused-ring (bicyclic) bond motifs is 1. The number of ether oxygens (including phenoxy) is 2. The lowest BCUT2D eigenvalue weighted by atomic mass is 10.1. The van der Waals surface area contributed by atoms with Gasteiger partial charge in [0.15, 0.2) is 11.5 Å². The van der Waals surface area contributed by atoms with Gasteiger partial charge in [-0.25, -0.2) is 4.98 Å². The van der Waals surface area contributed by atoms with Gasteiger partial charge in [0.2, 0.25) is 5.91 Å². The van der Waals surface area contributed by atoms with Crippen molar-refractivity contribution in [3.8, 4) is 11.5 Å². The number of nitrogens with one attached hydrogen (secondary N) is 2. The fraction of sp³-hybridized carbons (Fsp3) is 0.300. The summed E-state index contributed by atoms with van der Waals surface area (Å²) in [5.74, 6) is 1.30. The van der Waals surface area contributed by atoms with Crippen LogP contribution in [0, 0.1) is 10.1 Å². The summed E-state index contributed by atoms with van der Waals surface area (Å²) in [6, 6.07) is 10.6. The lowest BCUT2D eigenvalue weighted by Crippen LogP contribution is -2.26. The van der Waals surface area contributed by atoms with E-state index in [0.717, 1.165) is 16.9 Å². The van der Waals surface area contributed by atoms with Gasteiger partial charge in [-0.1, -0.05) is 12.1 Å². The molecule has 9 heteroatoms. The van der Waals surface area contributed by atoms with Crippen LogP contribution in [-0.2, 0) is 17.6 Å². The standard InChI is InChI=1S/C20H22N4O5/c1-28-17-11-13(16(24(26)27)12-18(17)29-2)9-10-21-20(25)8-7-19-22-14-5-3-4-6-15(14)23-19/h3-6,11-12H,7-10H2,1-2H3,(H,21,25)(H,22,23). The largest absolute Gasteiger partial charge is 0.493 e. The van der Waals surface area contributed by atoms with E-state index in [1.165, 1.54) is 20.3 Å². The number of hydrogen-bond acceptors (Lipinski definition) is 6. The Kier molecular flexibility index (Phi) is 6.28. The number of methoxy groups -OCH3 is 2. The number of amides is 1. The molecule has 0 aliphatic carbocycles. The van der Waals surface area contributed by atoms with Crippen molar-refractivity contribution in [2.75, 3.05) is 20.8 Å². The van der Waals surface area contributed by atoms with E-state index in [9.17, 15) is 14.9 Å². The second-order valence-electron chi connectivity index (χ2n) is 6.39. The molecule has 2 N–H and O–H groups in total. The number of nitro groups is 1. The number of para-hydroxylation sites is 2. The first-order valence-electron chi connectivity index (χ1n) is 9.11. The molecule has 1 amide bonds. The lowest BCUT2D eigenvalue weighted by molar-refractivity contribution is -0.385. The van der Waals surface area contributed by atoms with E-state index in [-0.39, 0.29) is 30.3 Å². The highest BCUT2D eigenvalue weighted by Crippen LogP contribution is 2.34. The minimum Gasteiger partial charge on any atom is -0.493 e. The zero-order valence-corrected chi connectivity index (χ0v) is 16.2. The van der Waals surface area contributed by atoms with Crippen LogP contribution in [0.25, 0.3) is 11.0 Å². The van der Waals surface area contributed by atoms with Gasteiger partial charge in [-0.05, 0) is 24.6 Å². The van der Waals surface area contributed by atoms with Gasteiger partial charge in [0, 0.05) is 24.9 Å². The molecule has 1 heterocycles. The number of nitrogens with zero attached hydrogens (tertiary/aromatic N) is 2. The van der Waals surface area contributed by atoms with E-state index in [1.54, 1.807) is 6.07 Å². The summed E-state index contributed by atoms with van der Waals surface area (Å²) in [6.07, 6.45) is 1.05. The molecule has 0 aliphatic rings. The fourth-order valence-corrected chi connectivity index (χ4v) is 3.06. The van der Waals surface area contributed by atoms with Gasteiger partial charge in [-0.3, -0.25) is 14.9 Å². The summed E-state index contributed by atoms with van der Waals surface area (Å²) < 4.78 is 10.3. The topological polar surface area (TPSA) is 119 Å². The second kappa shape index (κ2) is 9.05. The average Bonchev–Trinajstić information content (AvgIpc) is 3.14. The number of carbonyl (C=O) groups excluding carboxylic acids is 1. The highest BCUT2D eigenvalue weighted by Gasteiger charge is 2.19. The van der Waals surface area contributed by atoms with Crippen LogP contribution >= 0.6 is 0 Å². The molecule has 29 heavy (non-hydrogen) atoms. The van der Waals surface area contributed by atoms with Crippen LogP contribution in [0.3, 0.4) is 0 Å². The molecule has 0 fully saturated rings. The van der Waals surface area contributed by atoms with Crippen molar-refractivity contribution < 1.29 is 19.2 Å². The molecule has 0 saturated carbocycles. The number of rotatable bonds is 9. The van der Waals surface area contributed by atoms with Crippen molar-refractivity contribution in [1.82, 2.24) is 15.3 Å². The van der Waals surface area contributed by atoms with E-state index < -0.39 is 4.92 Å². The van der Waals surface area contributed by atoms with E-state index in [1.807, 2.05) is 24.3 Å². The summed E-state index contributed by atoms with van der Waals surface area (Å²) in [5.41, 5.74) is 2.19. The van der Waals surface area contributed by atoms with Gasteiger partial charge in [0.05, 0.1) is 36.2 Å². The highest BCUT2D eigenvalue weighted by molar-refractivity contribution is 5.77. The van der Waals surface area contributed by atoms with Crippen LogP contribution in [0.4, 0.5) is 5.69 Å². The molecule has 0 atom stereocenters. The molecule has 0 aliphatic heterocycles. The zero-order chi connectivity index (χ0) is 20.8. The first-order valence-corrected chi connectivity index (χ1v) is 9.11. The van der Waals surface area contributed by atoms with Gasteiger partial charge in [-0.2, -0.15) is 0 Å². The van der Waals surface area contributed by atoms with Crippen LogP contribution in [0.2, 0.25) is 0 Å². The van der Waals surface area contributed by atoms with Crippen LogP contribution < -0.4 is 14.8 Å². The maximum Gasteiger partial charge on any atom is 0.276 e. The summed E-state index contributed by atoms with van der Waals surface area (Å²) >= 11 is 0. The number of aryl methyl sites for hydroxylation is 1. The quantitative estimate of drug-likeness (QED) is 0.422. The molecule has 0 spiro atoms. The Morgan fingerprint density at radius 3 is 2.59 bits per heavy atom. The number of carbonyl (C=O) groups is 1. The van der Waals surface area contributed by atoms with Gasteiger partial charge in [0.25, 0.3) is 5.69 Å². The third-order valence-electron chi connectivity index (χ3n) is 4.53. The van der Waals surface area contributed by atoms with Crippen LogP contribution in [0.15, 0.2) is 36.4 Å². The van der Waals surface area contributed by atoms with Crippen LogP contribution in [-0.4, -0.2) is 41.6 Å². The van der Waals surface area contributed by atoms with Crippen molar-refractivity contribution in [3.63, 3.8) is 0 Å². The zero-order valence-electron chi connectivity index (χ0n) is 16.2. The number of H-pyrrole nitrogens is 1. The predicted octanol–water partition coefficient (Wildman–Crippen LogP) is 2.78. The van der Waals surface area contributed by atoms with Gasteiger partial charge in [0.1, 0.15) is 5.82 Å². The van der Waals surface area contributed by atoms with Crippen molar-refractivity contribution in [3.05, 3.63) is 57.9 Å². The Morgan fingerprint density at radius 1 is 1.17 bits per heavy atom. The minimum absolute atomic E-state index is 0.0702. The van der Waals surface area contributed by atoms with Gasteiger partial charge < -0.3 is 19.8 Å². The fourth-order valence-electron chi connectivity index (χ4n) is 3.06. The SMILES string of the molecule is COc1cc(CCNC(=O)CCc2nc3ccccc3[nH]2)c([N+](=O)[O-])cc1OC. The molecule has 3 aromatic rings. The van der Waals surface area contributed by atoms with Crippen molar-refractivity contribution in [2.45, 2.75) is 19.3 Å². The van der Waals surface area contributed by atoms with E-state index in [2.05, 4.69) is 15.3 Å². The van der Waals surface area contributed by atoms with Gasteiger partial charge in [-0.15, -0.1) is 0 Å². The molecular formula is C20H22N4O5. The number of imidazole rings is 1. The monoisotopic (exact) mass is 398 g/mol. The van der Waals surface area contributed by atoms with Crippen molar-refractivity contribution in [2.24, 2.45) is 0 Å². The van der Waals surface area contributed by atoms with E-state index in [0.29, 0.717) is 24.2 Å². The third-order valence-corrected chi connectivity index (χ3v) is 4.53. The molecule has 2 aromatic carbocycles. The smallest absolute Gasteiger partial charge is 0.276 e. The molecule has 0 radical (unpaired) electrons. The average molecular weight is 398 g/mol. The molecular weight excluding hydrogens is 376 g/mol. The van der Waals surface area contributed by atoms with Crippen molar-refractivity contribution >= 4 is 22.6 Å². The summed E-state index contributed by atoms with van der Waals surface area (Å²) in [6.45, 7) is 0.273. The normalized spacial score (nSPS) is 10.7. The minimum atomic E-state index is -0.472. The van der Waals surface area contributed by atoms with Gasteiger partial charge >= 0.3 is 0 Å². The van der Waals surface area contributed by atoms with Crippen molar-refractivity contribution in [1.29, 1.82) is 0 Å². The summed E-state index contributed by atoms with van der Waals surface area (Å²) in [7, 11) is 2.89. The molecule has 152 valence electrons. The molecule has 3 rings (SSSR count). The number of hydrogen-bond donors (Lipinski definition) is 2. The maximum atomic E-state index is 12.1. The second-order valence-corrected chi connectivity index (χ2v) is 6.39. The number of aromatic amines is 1. The number of benzene rings is 2. The maximum absolute atomic E-state index is 12.1. The molecule has 0 bridgehead atoms. The Labute approximate surface area is 167 Å². The first kappa shape index (κ1) is 20.1. The van der Waals surface area contributed by atoms with Crippen LogP contribution in [0.1, 0.15) is 17.8 Å². The van der Waals surface area contributed by atoms with E-state index in [4.69, 9.17) is 9.47 Å². The molecule has 1 aromatic heterocycles. The Balaban J connectivity index is 1.56. The number of aromatic nitrogens is 2. The molecule has 0 unspecified atom stereocenters. The summed E-state index contributed by atoms with van der Waals surface area (Å²) in [5, 5.41) is 14.1. The molecule has 9 nitrogen and oxygen atoms in total. The van der Waals surface area contributed by atoms with Crippen LogP contribution in [0.5, 0.6) is 11.5 Å². The highest BCUT2D eigenvalue weighted by atomic mass is 16.6. The predicted molar refractivity (Wildman–Crippen MR) is 107 cm³/mol. The van der Waals surface area contributed by atoms with E-state index >= 15 is 0 Å². The first-order chi connectivity index (χ1) is 14.0. The number of nitro benzene ring substituents is 1. The summed E-state index contributed by atoms with van der Waals surface area (Å²) in [4.78, 5) is 30.6. The Bertz CT molecular complexity index is 998.